The highest BCUT2D eigenvalue weighted by Crippen LogP contribution is 2.51. The third kappa shape index (κ3) is 5.00. The van der Waals surface area contributed by atoms with Gasteiger partial charge in [-0.05, 0) is 61.7 Å². The van der Waals surface area contributed by atoms with Gasteiger partial charge >= 0.3 is 0 Å². The number of carbonyl (C=O) groups is 2. The first-order valence-corrected chi connectivity index (χ1v) is 14.8. The minimum Gasteiger partial charge on any atom is -0.485 e. The molecule has 0 aliphatic carbocycles. The van der Waals surface area contributed by atoms with Gasteiger partial charge in [0, 0.05) is 29.8 Å². The Morgan fingerprint density at radius 3 is 2.27 bits per heavy atom. The summed E-state index contributed by atoms with van der Waals surface area (Å²) < 4.78 is 11.7. The van der Waals surface area contributed by atoms with Crippen LogP contribution >= 0.6 is 45.3 Å². The number of aldehydes is 1. The van der Waals surface area contributed by atoms with Gasteiger partial charge in [-0.25, -0.2) is 0 Å². The predicted molar refractivity (Wildman–Crippen MR) is 152 cm³/mol. The number of fused-ring (bicyclic) bond motifs is 1. The van der Waals surface area contributed by atoms with Crippen LogP contribution in [0.2, 0.25) is 0 Å². The van der Waals surface area contributed by atoms with Gasteiger partial charge in [0.1, 0.15) is 31.1 Å². The molecule has 0 spiro atoms. The Morgan fingerprint density at radius 1 is 0.973 bits per heavy atom. The Balaban J connectivity index is 1.45. The molecule has 188 valence electrons. The SMILES string of the molecule is Cc1cc(/C=C(\C#N)C(=O)NCC=O)sc1-c1sc(-c2cc(C)c(-c3scc4c3OCCO4)s2)cc1C. The summed E-state index contributed by atoms with van der Waals surface area (Å²) in [5, 5.41) is 13.8. The molecule has 37 heavy (non-hydrogen) atoms. The summed E-state index contributed by atoms with van der Waals surface area (Å²) >= 11 is 6.72. The lowest BCUT2D eigenvalue weighted by atomic mass is 10.1. The number of amides is 1. The van der Waals surface area contributed by atoms with Gasteiger partial charge in [0.25, 0.3) is 5.91 Å². The number of aryl methyl sites for hydroxylation is 3. The fourth-order valence-corrected chi connectivity index (χ4v) is 8.94. The molecule has 1 amide bonds. The van der Waals surface area contributed by atoms with E-state index in [1.165, 1.54) is 30.6 Å². The first-order chi connectivity index (χ1) is 17.9. The number of nitriles is 1. The largest absolute Gasteiger partial charge is 0.485 e. The average molecular weight is 567 g/mol. The Bertz CT molecular complexity index is 1580. The minimum atomic E-state index is -0.551. The van der Waals surface area contributed by atoms with E-state index in [1.54, 1.807) is 51.4 Å². The Hall–Kier alpha value is -3.23. The van der Waals surface area contributed by atoms with Crippen molar-refractivity contribution in [3.05, 3.63) is 50.7 Å². The highest BCUT2D eigenvalue weighted by Gasteiger charge is 2.23. The second-order valence-electron chi connectivity index (χ2n) is 8.41. The first-order valence-electron chi connectivity index (χ1n) is 11.4. The van der Waals surface area contributed by atoms with Crippen molar-refractivity contribution in [2.75, 3.05) is 19.8 Å². The highest BCUT2D eigenvalue weighted by molar-refractivity contribution is 7.28. The molecule has 5 heterocycles. The van der Waals surface area contributed by atoms with Crippen LogP contribution in [0.5, 0.6) is 11.5 Å². The average Bonchev–Trinajstić information content (AvgIpc) is 3.66. The van der Waals surface area contributed by atoms with Crippen LogP contribution in [0.25, 0.3) is 35.3 Å². The van der Waals surface area contributed by atoms with Gasteiger partial charge in [0.15, 0.2) is 11.5 Å². The van der Waals surface area contributed by atoms with Crippen LogP contribution in [0.1, 0.15) is 21.6 Å². The van der Waals surface area contributed by atoms with Gasteiger partial charge in [0.05, 0.1) is 16.3 Å². The molecule has 0 saturated heterocycles. The molecule has 6 nitrogen and oxygen atoms in total. The summed E-state index contributed by atoms with van der Waals surface area (Å²) in [6.07, 6.45) is 2.17. The molecule has 5 rings (SSSR count). The highest BCUT2D eigenvalue weighted by atomic mass is 32.1. The fourth-order valence-electron chi connectivity index (χ4n) is 4.00. The number of nitrogens with one attached hydrogen (secondary N) is 1. The molecular formula is C27H22N2O4S4. The number of hydrogen-bond donors (Lipinski definition) is 1. The second-order valence-corrected chi connectivity index (χ2v) is 12.5. The number of thiophene rings is 4. The van der Waals surface area contributed by atoms with Crippen molar-refractivity contribution < 1.29 is 19.1 Å². The third-order valence-corrected chi connectivity index (χ3v) is 10.8. The zero-order valence-corrected chi connectivity index (χ0v) is 23.6. The van der Waals surface area contributed by atoms with Gasteiger partial charge in [-0.15, -0.1) is 45.3 Å². The zero-order valence-electron chi connectivity index (χ0n) is 20.3. The third-order valence-electron chi connectivity index (χ3n) is 5.73. The molecule has 0 unspecified atom stereocenters. The number of hydrogen-bond acceptors (Lipinski definition) is 9. The predicted octanol–water partition coefficient (Wildman–Crippen LogP) is 6.85. The number of ether oxygens (including phenoxy) is 2. The minimum absolute atomic E-state index is 0.0232. The summed E-state index contributed by atoms with van der Waals surface area (Å²) in [7, 11) is 0. The Labute approximate surface area is 230 Å². The van der Waals surface area contributed by atoms with Crippen LogP contribution in [-0.4, -0.2) is 32.0 Å². The lowest BCUT2D eigenvalue weighted by Crippen LogP contribution is -2.26. The van der Waals surface area contributed by atoms with Gasteiger partial charge in [0.2, 0.25) is 0 Å². The van der Waals surface area contributed by atoms with Crippen molar-refractivity contribution >= 4 is 63.6 Å². The molecule has 0 radical (unpaired) electrons. The molecular weight excluding hydrogens is 545 g/mol. The van der Waals surface area contributed by atoms with E-state index in [4.69, 9.17) is 9.47 Å². The molecule has 0 atom stereocenters. The molecule has 1 aliphatic heterocycles. The summed E-state index contributed by atoms with van der Waals surface area (Å²) in [4.78, 5) is 30.5. The smallest absolute Gasteiger partial charge is 0.262 e. The van der Waals surface area contributed by atoms with Gasteiger partial charge in [-0.2, -0.15) is 5.26 Å². The molecule has 10 heteroatoms. The summed E-state index contributed by atoms with van der Waals surface area (Å²) in [6.45, 7) is 7.31. The maximum absolute atomic E-state index is 12.1. The number of carbonyl (C=O) groups excluding carboxylic acids is 2. The Kier molecular flexibility index (Phi) is 7.31. The fraction of sp³-hybridized carbons (Fsp3) is 0.222. The van der Waals surface area contributed by atoms with Crippen molar-refractivity contribution in [1.29, 1.82) is 5.26 Å². The van der Waals surface area contributed by atoms with Crippen LogP contribution in [-0.2, 0) is 9.59 Å². The van der Waals surface area contributed by atoms with Gasteiger partial charge in [-0.3, -0.25) is 4.79 Å². The molecule has 0 bridgehead atoms. The molecule has 1 aliphatic rings. The molecule has 0 saturated carbocycles. The summed E-state index contributed by atoms with van der Waals surface area (Å²) in [6, 6.07) is 8.37. The number of rotatable bonds is 7. The topological polar surface area (TPSA) is 88.4 Å². The van der Waals surface area contributed by atoms with Crippen molar-refractivity contribution in [1.82, 2.24) is 5.32 Å². The molecule has 0 aromatic carbocycles. The van der Waals surface area contributed by atoms with Gasteiger partial charge in [-0.1, -0.05) is 0 Å². The van der Waals surface area contributed by atoms with Crippen LogP contribution < -0.4 is 14.8 Å². The summed E-state index contributed by atoms with van der Waals surface area (Å²) in [5.74, 6) is 1.13. The summed E-state index contributed by atoms with van der Waals surface area (Å²) in [5.41, 5.74) is 3.46. The maximum Gasteiger partial charge on any atom is 0.262 e. The van der Waals surface area contributed by atoms with Crippen molar-refractivity contribution in [2.24, 2.45) is 0 Å². The standard InChI is InChI=1S/C27H22N2O4S4/c1-14-8-18(11-17(12-28)27(31)29-4-5-30)35-23(14)24-15(2)9-20(36-24)21-10-16(3)25(37-21)26-22-19(13-34-26)32-6-7-33-22/h5,8-11,13H,4,6-7H2,1-3H3,(H,29,31)/b17-11+. The van der Waals surface area contributed by atoms with Crippen LogP contribution in [0.3, 0.4) is 0 Å². The maximum atomic E-state index is 12.1. The lowest BCUT2D eigenvalue weighted by Gasteiger charge is -2.15. The number of nitrogens with zero attached hydrogens (tertiary/aromatic N) is 1. The van der Waals surface area contributed by atoms with Crippen LogP contribution in [0.15, 0.2) is 29.2 Å². The molecule has 4 aromatic heterocycles. The van der Waals surface area contributed by atoms with Crippen molar-refractivity contribution in [3.8, 4) is 46.8 Å². The lowest BCUT2D eigenvalue weighted by molar-refractivity contribution is -0.118. The van der Waals surface area contributed by atoms with E-state index in [1.807, 2.05) is 24.4 Å². The molecule has 1 N–H and O–H groups in total. The van der Waals surface area contributed by atoms with E-state index >= 15 is 0 Å². The first kappa shape index (κ1) is 25.4. The van der Waals surface area contributed by atoms with E-state index in [2.05, 4.69) is 31.3 Å². The van der Waals surface area contributed by atoms with E-state index in [-0.39, 0.29) is 12.1 Å². The van der Waals surface area contributed by atoms with E-state index < -0.39 is 5.91 Å². The van der Waals surface area contributed by atoms with E-state index in [9.17, 15) is 14.9 Å². The van der Waals surface area contributed by atoms with Crippen LogP contribution in [0.4, 0.5) is 0 Å². The molecule has 4 aromatic rings. The zero-order chi connectivity index (χ0) is 26.1. The molecule has 0 fully saturated rings. The second kappa shape index (κ2) is 10.6. The monoisotopic (exact) mass is 566 g/mol. The van der Waals surface area contributed by atoms with Gasteiger partial charge < -0.3 is 19.6 Å². The quantitative estimate of drug-likeness (QED) is 0.150. The van der Waals surface area contributed by atoms with Crippen molar-refractivity contribution in [2.45, 2.75) is 20.8 Å². The normalized spacial score (nSPS) is 12.9. The van der Waals surface area contributed by atoms with Crippen molar-refractivity contribution in [3.63, 3.8) is 0 Å². The van der Waals surface area contributed by atoms with Crippen LogP contribution in [0, 0.1) is 32.1 Å². The van der Waals surface area contributed by atoms with E-state index in [0.29, 0.717) is 19.5 Å². The van der Waals surface area contributed by atoms with E-state index in [0.717, 1.165) is 31.7 Å². The Morgan fingerprint density at radius 2 is 1.59 bits per heavy atom.